The van der Waals surface area contributed by atoms with Crippen LogP contribution in [0.2, 0.25) is 5.02 Å². The Labute approximate surface area is 167 Å². The standard InChI is InChI=1S/C17H11ClF3N3O4S/c18-12-5-7-13(8-6-12)29(26,27)22-9-14(25)10-1-3-11(4-2-10)15-23-16(28-24-15)17(19,20)21/h1-8,22H,9H2. The molecule has 0 fully saturated rings. The maximum absolute atomic E-state index is 12.5. The summed E-state index contributed by atoms with van der Waals surface area (Å²) in [5.74, 6) is -2.32. The van der Waals surface area contributed by atoms with Crippen LogP contribution in [-0.2, 0) is 16.2 Å². The van der Waals surface area contributed by atoms with E-state index < -0.39 is 34.4 Å². The van der Waals surface area contributed by atoms with E-state index in [1.165, 1.54) is 48.5 Å². The van der Waals surface area contributed by atoms with Gasteiger partial charge in [0.1, 0.15) is 0 Å². The quantitative estimate of drug-likeness (QED) is 0.582. The van der Waals surface area contributed by atoms with E-state index in [1.807, 2.05) is 0 Å². The van der Waals surface area contributed by atoms with Gasteiger partial charge in [-0.25, -0.2) is 13.1 Å². The number of benzene rings is 2. The fourth-order valence-electron chi connectivity index (χ4n) is 2.22. The minimum atomic E-state index is -4.76. The molecule has 152 valence electrons. The molecule has 0 bridgehead atoms. The molecule has 0 aliphatic carbocycles. The molecule has 0 unspecified atom stereocenters. The molecule has 1 aromatic heterocycles. The molecule has 1 heterocycles. The Balaban J connectivity index is 1.67. The number of nitrogens with zero attached hydrogens (tertiary/aromatic N) is 2. The highest BCUT2D eigenvalue weighted by atomic mass is 35.5. The number of hydrogen-bond acceptors (Lipinski definition) is 6. The van der Waals surface area contributed by atoms with Crippen molar-refractivity contribution in [2.24, 2.45) is 0 Å². The summed E-state index contributed by atoms with van der Waals surface area (Å²) in [5, 5.41) is 3.61. The van der Waals surface area contributed by atoms with E-state index in [0.29, 0.717) is 5.02 Å². The molecular formula is C17H11ClF3N3O4S. The summed E-state index contributed by atoms with van der Waals surface area (Å²) in [5.41, 5.74) is 0.342. The van der Waals surface area contributed by atoms with Gasteiger partial charge in [0.2, 0.25) is 15.8 Å². The Morgan fingerprint density at radius 1 is 1.07 bits per heavy atom. The van der Waals surface area contributed by atoms with E-state index in [0.717, 1.165) is 0 Å². The number of hydrogen-bond donors (Lipinski definition) is 1. The lowest BCUT2D eigenvalue weighted by molar-refractivity contribution is -0.159. The Morgan fingerprint density at radius 3 is 2.24 bits per heavy atom. The highest BCUT2D eigenvalue weighted by Crippen LogP contribution is 2.29. The lowest BCUT2D eigenvalue weighted by atomic mass is 10.1. The zero-order valence-corrected chi connectivity index (χ0v) is 15.8. The van der Waals surface area contributed by atoms with Crippen molar-refractivity contribution >= 4 is 27.4 Å². The van der Waals surface area contributed by atoms with Crippen molar-refractivity contribution in [3.05, 3.63) is 65.0 Å². The third-order valence-electron chi connectivity index (χ3n) is 3.68. The van der Waals surface area contributed by atoms with Gasteiger partial charge in [-0.05, 0) is 24.3 Å². The molecule has 0 aliphatic heterocycles. The summed E-state index contributed by atoms with van der Waals surface area (Å²) in [4.78, 5) is 15.4. The van der Waals surface area contributed by atoms with Gasteiger partial charge in [0.05, 0.1) is 11.4 Å². The van der Waals surface area contributed by atoms with Gasteiger partial charge in [0.15, 0.2) is 5.78 Å². The van der Waals surface area contributed by atoms with Crippen molar-refractivity contribution in [3.63, 3.8) is 0 Å². The zero-order chi connectivity index (χ0) is 21.2. The lowest BCUT2D eigenvalue weighted by Crippen LogP contribution is -2.29. The van der Waals surface area contributed by atoms with Crippen molar-refractivity contribution in [2.45, 2.75) is 11.1 Å². The number of carbonyl (C=O) groups is 1. The molecule has 29 heavy (non-hydrogen) atoms. The van der Waals surface area contributed by atoms with Crippen LogP contribution in [-0.4, -0.2) is 30.9 Å². The lowest BCUT2D eigenvalue weighted by Gasteiger charge is -2.07. The van der Waals surface area contributed by atoms with Crippen LogP contribution in [0, 0.1) is 0 Å². The fraction of sp³-hybridized carbons (Fsp3) is 0.118. The molecule has 12 heteroatoms. The average Bonchev–Trinajstić information content (AvgIpc) is 3.17. The van der Waals surface area contributed by atoms with E-state index in [-0.39, 0.29) is 21.8 Å². The van der Waals surface area contributed by atoms with Crippen LogP contribution in [0.25, 0.3) is 11.4 Å². The molecule has 0 saturated heterocycles. The molecule has 0 amide bonds. The first-order valence-corrected chi connectivity index (χ1v) is 9.72. The van der Waals surface area contributed by atoms with Gasteiger partial charge in [0.25, 0.3) is 0 Å². The monoisotopic (exact) mass is 445 g/mol. The smallest absolute Gasteiger partial charge is 0.329 e. The molecule has 3 rings (SSSR count). The summed E-state index contributed by atoms with van der Waals surface area (Å²) in [6.07, 6.45) is -4.76. The third-order valence-corrected chi connectivity index (χ3v) is 5.35. The molecular weight excluding hydrogens is 435 g/mol. The predicted molar refractivity (Wildman–Crippen MR) is 95.7 cm³/mol. The molecule has 0 aliphatic rings. The Bertz CT molecular complexity index is 1130. The zero-order valence-electron chi connectivity index (χ0n) is 14.3. The number of ketones is 1. The summed E-state index contributed by atoms with van der Waals surface area (Å²) in [6, 6.07) is 10.7. The van der Waals surface area contributed by atoms with Crippen molar-refractivity contribution in [3.8, 4) is 11.4 Å². The summed E-state index contributed by atoms with van der Waals surface area (Å²) in [7, 11) is -3.91. The second-order valence-corrected chi connectivity index (χ2v) is 7.90. The predicted octanol–water partition coefficient (Wildman–Crippen LogP) is 3.57. The Hall–Kier alpha value is -2.76. The SMILES string of the molecule is O=C(CNS(=O)(=O)c1ccc(Cl)cc1)c1ccc(-c2noc(C(F)(F)F)n2)cc1. The van der Waals surface area contributed by atoms with Crippen molar-refractivity contribution < 1.29 is 30.9 Å². The van der Waals surface area contributed by atoms with E-state index in [1.54, 1.807) is 0 Å². The van der Waals surface area contributed by atoms with Crippen molar-refractivity contribution in [1.82, 2.24) is 14.9 Å². The highest BCUT2D eigenvalue weighted by molar-refractivity contribution is 7.89. The average molecular weight is 446 g/mol. The van der Waals surface area contributed by atoms with E-state index in [2.05, 4.69) is 19.4 Å². The molecule has 2 aromatic carbocycles. The van der Waals surface area contributed by atoms with Gasteiger partial charge < -0.3 is 4.52 Å². The molecule has 0 radical (unpaired) electrons. The summed E-state index contributed by atoms with van der Waals surface area (Å²) in [6.45, 7) is -0.509. The second-order valence-electron chi connectivity index (χ2n) is 5.70. The topological polar surface area (TPSA) is 102 Å². The van der Waals surface area contributed by atoms with Gasteiger partial charge in [0, 0.05) is 16.1 Å². The largest absolute Gasteiger partial charge is 0.471 e. The number of alkyl halides is 3. The van der Waals surface area contributed by atoms with Crippen LogP contribution in [0.4, 0.5) is 13.2 Å². The first-order chi connectivity index (χ1) is 13.6. The minimum absolute atomic E-state index is 0.0531. The van der Waals surface area contributed by atoms with Gasteiger partial charge in [-0.3, -0.25) is 4.79 Å². The molecule has 0 atom stereocenters. The molecule has 1 N–H and O–H groups in total. The van der Waals surface area contributed by atoms with Gasteiger partial charge >= 0.3 is 12.1 Å². The minimum Gasteiger partial charge on any atom is -0.329 e. The van der Waals surface area contributed by atoms with Gasteiger partial charge in [-0.1, -0.05) is 41.0 Å². The normalized spacial score (nSPS) is 12.1. The van der Waals surface area contributed by atoms with E-state index in [4.69, 9.17) is 11.6 Å². The fourth-order valence-corrected chi connectivity index (χ4v) is 3.33. The first kappa shape index (κ1) is 21.0. The maximum Gasteiger partial charge on any atom is 0.471 e. The number of rotatable bonds is 6. The van der Waals surface area contributed by atoms with Crippen molar-refractivity contribution in [1.29, 1.82) is 0 Å². The maximum atomic E-state index is 12.5. The summed E-state index contributed by atoms with van der Waals surface area (Å²) >= 11 is 5.71. The van der Waals surface area contributed by atoms with Crippen LogP contribution >= 0.6 is 11.6 Å². The number of Topliss-reactive ketones (excluding diaryl/α,β-unsaturated/α-hetero) is 1. The van der Waals surface area contributed by atoms with Crippen LogP contribution in [0.3, 0.4) is 0 Å². The van der Waals surface area contributed by atoms with E-state index >= 15 is 0 Å². The molecule has 3 aromatic rings. The van der Waals surface area contributed by atoms with Crippen LogP contribution in [0.5, 0.6) is 0 Å². The second kappa shape index (κ2) is 7.93. The highest BCUT2D eigenvalue weighted by Gasteiger charge is 2.38. The van der Waals surface area contributed by atoms with Crippen LogP contribution in [0.1, 0.15) is 16.2 Å². The van der Waals surface area contributed by atoms with Crippen LogP contribution < -0.4 is 4.72 Å². The molecule has 0 saturated carbocycles. The van der Waals surface area contributed by atoms with Crippen LogP contribution in [0.15, 0.2) is 57.9 Å². The summed E-state index contributed by atoms with van der Waals surface area (Å²) < 4.78 is 68.2. The number of aromatic nitrogens is 2. The number of halogens is 4. The first-order valence-electron chi connectivity index (χ1n) is 7.86. The van der Waals surface area contributed by atoms with Crippen molar-refractivity contribution in [2.75, 3.05) is 6.54 Å². The van der Waals surface area contributed by atoms with Gasteiger partial charge in [-0.15, -0.1) is 0 Å². The number of nitrogens with one attached hydrogen (secondary N) is 1. The molecule has 7 nitrogen and oxygen atoms in total. The molecule has 0 spiro atoms. The third kappa shape index (κ3) is 5.00. The number of sulfonamides is 1. The Kier molecular flexibility index (Phi) is 5.73. The van der Waals surface area contributed by atoms with Gasteiger partial charge in [-0.2, -0.15) is 18.2 Å². The Morgan fingerprint density at radius 2 is 1.69 bits per heavy atom. The number of carbonyl (C=O) groups excluding carboxylic acids is 1. The van der Waals surface area contributed by atoms with E-state index in [9.17, 15) is 26.4 Å².